The normalized spacial score (nSPS) is 14.8. The number of carbonyl (C=O) groups excluding carboxylic acids is 1. The summed E-state index contributed by atoms with van der Waals surface area (Å²) >= 11 is 0. The fourth-order valence-electron chi connectivity index (χ4n) is 3.10. The van der Waals surface area contributed by atoms with Gasteiger partial charge in [0.05, 0.1) is 4.92 Å². The lowest BCUT2D eigenvalue weighted by Gasteiger charge is -2.29. The number of hydrogen-bond acceptors (Lipinski definition) is 7. The largest absolute Gasteiger partial charge is 0.363 e. The van der Waals surface area contributed by atoms with Gasteiger partial charge in [-0.25, -0.2) is 13.6 Å². The second-order valence-corrected chi connectivity index (χ2v) is 7.57. The quantitative estimate of drug-likeness (QED) is 0.439. The molecule has 3 rings (SSSR count). The van der Waals surface area contributed by atoms with E-state index in [1.165, 1.54) is 18.2 Å². The maximum absolute atomic E-state index is 13.0. The first-order chi connectivity index (χ1) is 12.8. The molecule has 1 fully saturated rings. The fourth-order valence-corrected chi connectivity index (χ4v) is 3.83. The molecule has 3 N–H and O–H groups in total. The summed E-state index contributed by atoms with van der Waals surface area (Å²) in [5.41, 5.74) is -0.710. The molecule has 0 aliphatic carbocycles. The van der Waals surface area contributed by atoms with E-state index in [1.54, 1.807) is 23.1 Å². The van der Waals surface area contributed by atoms with Gasteiger partial charge < -0.3 is 10.2 Å². The molecule has 1 aliphatic heterocycles. The minimum absolute atomic E-state index is 0.142. The number of nitrogens with two attached hydrogens (primary N) is 1. The highest BCUT2D eigenvalue weighted by atomic mass is 32.2. The van der Waals surface area contributed by atoms with Crippen LogP contribution in [0.4, 0.5) is 11.4 Å². The van der Waals surface area contributed by atoms with Crippen LogP contribution in [-0.2, 0) is 10.0 Å². The Bertz CT molecular complexity index is 986. The van der Waals surface area contributed by atoms with Crippen molar-refractivity contribution in [2.75, 3.05) is 31.1 Å². The molecule has 1 heterocycles. The van der Waals surface area contributed by atoms with Crippen LogP contribution in [0.25, 0.3) is 0 Å². The molecule has 0 radical (unpaired) electrons. The molecular weight excluding hydrogens is 372 g/mol. The molecular formula is C17H18N4O5S. The highest BCUT2D eigenvalue weighted by molar-refractivity contribution is 7.89. The van der Waals surface area contributed by atoms with Crippen LogP contribution in [0.3, 0.4) is 0 Å². The van der Waals surface area contributed by atoms with Gasteiger partial charge in [0.25, 0.3) is 0 Å². The van der Waals surface area contributed by atoms with Gasteiger partial charge in [-0.05, 0) is 12.1 Å². The number of primary sulfonamides is 1. The number of benzene rings is 2. The number of nitro groups is 1. The van der Waals surface area contributed by atoms with Gasteiger partial charge in [0.15, 0.2) is 0 Å². The zero-order valence-corrected chi connectivity index (χ0v) is 15.1. The van der Waals surface area contributed by atoms with Crippen LogP contribution >= 0.6 is 0 Å². The molecule has 2 aromatic rings. The Morgan fingerprint density at radius 2 is 1.74 bits per heavy atom. The molecule has 0 aromatic heterocycles. The van der Waals surface area contributed by atoms with E-state index in [0.29, 0.717) is 26.2 Å². The number of nitrogens with zero attached hydrogens (tertiary/aromatic N) is 2. The third-order valence-corrected chi connectivity index (χ3v) is 5.28. The van der Waals surface area contributed by atoms with E-state index in [2.05, 4.69) is 5.32 Å². The molecule has 0 amide bonds. The molecule has 9 nitrogen and oxygen atoms in total. The van der Waals surface area contributed by atoms with Gasteiger partial charge >= 0.3 is 5.69 Å². The van der Waals surface area contributed by atoms with E-state index in [0.717, 1.165) is 6.07 Å². The smallest absolute Gasteiger partial charge is 0.305 e. The molecule has 2 aromatic carbocycles. The first-order valence-corrected chi connectivity index (χ1v) is 9.75. The van der Waals surface area contributed by atoms with Gasteiger partial charge in [0, 0.05) is 31.7 Å². The van der Waals surface area contributed by atoms with Gasteiger partial charge in [0.2, 0.25) is 15.8 Å². The van der Waals surface area contributed by atoms with Crippen molar-refractivity contribution in [3.63, 3.8) is 0 Å². The molecule has 0 atom stereocenters. The maximum Gasteiger partial charge on any atom is 0.305 e. The Labute approximate surface area is 156 Å². The lowest BCUT2D eigenvalue weighted by Crippen LogP contribution is -2.43. The number of nitro benzene ring substituents is 1. The van der Waals surface area contributed by atoms with Crippen molar-refractivity contribution >= 4 is 27.2 Å². The Balaban J connectivity index is 2.29. The van der Waals surface area contributed by atoms with Crippen molar-refractivity contribution in [3.8, 4) is 0 Å². The summed E-state index contributed by atoms with van der Waals surface area (Å²) in [5, 5.41) is 20.3. The van der Waals surface area contributed by atoms with E-state index >= 15 is 0 Å². The van der Waals surface area contributed by atoms with Crippen molar-refractivity contribution in [1.82, 2.24) is 5.32 Å². The molecule has 10 heteroatoms. The second-order valence-electron chi connectivity index (χ2n) is 6.04. The highest BCUT2D eigenvalue weighted by Gasteiger charge is 2.34. The lowest BCUT2D eigenvalue weighted by molar-refractivity contribution is -0.384. The van der Waals surface area contributed by atoms with Crippen LogP contribution in [0.5, 0.6) is 0 Å². The van der Waals surface area contributed by atoms with Crippen molar-refractivity contribution in [1.29, 1.82) is 0 Å². The molecule has 0 unspecified atom stereocenters. The van der Waals surface area contributed by atoms with E-state index in [-0.39, 0.29) is 11.3 Å². The van der Waals surface area contributed by atoms with E-state index in [4.69, 9.17) is 5.14 Å². The summed E-state index contributed by atoms with van der Waals surface area (Å²) in [5.74, 6) is -0.761. The van der Waals surface area contributed by atoms with Gasteiger partial charge in [-0.1, -0.05) is 30.3 Å². The maximum atomic E-state index is 13.0. The molecule has 1 aliphatic rings. The summed E-state index contributed by atoms with van der Waals surface area (Å²) in [7, 11) is -4.35. The molecule has 142 valence electrons. The minimum atomic E-state index is -4.35. The van der Waals surface area contributed by atoms with E-state index in [1.807, 2.05) is 0 Å². The van der Waals surface area contributed by atoms with Crippen LogP contribution in [0.2, 0.25) is 0 Å². The fraction of sp³-hybridized carbons (Fsp3) is 0.235. The van der Waals surface area contributed by atoms with Crippen LogP contribution < -0.4 is 15.4 Å². The molecule has 0 saturated carbocycles. The molecule has 1 saturated heterocycles. The minimum Gasteiger partial charge on any atom is -0.363 e. The van der Waals surface area contributed by atoms with Crippen LogP contribution in [-0.4, -0.2) is 45.3 Å². The average Bonchev–Trinajstić information content (AvgIpc) is 2.66. The first-order valence-electron chi connectivity index (χ1n) is 8.20. The number of anilines is 1. The van der Waals surface area contributed by atoms with Crippen LogP contribution in [0.1, 0.15) is 15.9 Å². The van der Waals surface area contributed by atoms with Crippen molar-refractivity contribution < 1.29 is 18.1 Å². The van der Waals surface area contributed by atoms with Crippen molar-refractivity contribution in [3.05, 3.63) is 63.7 Å². The summed E-state index contributed by atoms with van der Waals surface area (Å²) in [6.45, 7) is 2.23. The standard InChI is InChI=1S/C17H18N4O5S/c18-27(25,26)14-7-6-13(20-10-8-19-9-11-20)16(21(23)24)15(14)17(22)12-4-2-1-3-5-12/h1-7,19H,8-11H2,(H2,18,25,26). The first kappa shape index (κ1) is 19.0. The number of sulfonamides is 1. The van der Waals surface area contributed by atoms with Crippen LogP contribution in [0.15, 0.2) is 47.4 Å². The molecule has 0 spiro atoms. The second kappa shape index (κ2) is 7.43. The Kier molecular flexibility index (Phi) is 5.22. The average molecular weight is 390 g/mol. The van der Waals surface area contributed by atoms with Crippen molar-refractivity contribution in [2.45, 2.75) is 4.90 Å². The van der Waals surface area contributed by atoms with Gasteiger partial charge in [-0.3, -0.25) is 14.9 Å². The van der Waals surface area contributed by atoms with Crippen LogP contribution in [0, 0.1) is 10.1 Å². The van der Waals surface area contributed by atoms with Gasteiger partial charge in [0.1, 0.15) is 16.1 Å². The van der Waals surface area contributed by atoms with Gasteiger partial charge in [-0.2, -0.15) is 0 Å². The predicted molar refractivity (Wildman–Crippen MR) is 99.4 cm³/mol. The van der Waals surface area contributed by atoms with E-state index in [9.17, 15) is 23.3 Å². The zero-order chi connectivity index (χ0) is 19.6. The monoisotopic (exact) mass is 390 g/mol. The Morgan fingerprint density at radius 3 is 2.30 bits per heavy atom. The molecule has 0 bridgehead atoms. The third-order valence-electron chi connectivity index (χ3n) is 4.33. The number of nitrogens with one attached hydrogen (secondary N) is 1. The lowest BCUT2D eigenvalue weighted by atomic mass is 10.00. The Morgan fingerprint density at radius 1 is 1.11 bits per heavy atom. The summed E-state index contributed by atoms with van der Waals surface area (Å²) < 4.78 is 24.1. The third kappa shape index (κ3) is 3.82. The number of ketones is 1. The zero-order valence-electron chi connectivity index (χ0n) is 14.3. The summed E-state index contributed by atoms with van der Waals surface area (Å²) in [4.78, 5) is 25.4. The summed E-state index contributed by atoms with van der Waals surface area (Å²) in [6.07, 6.45) is 0. The number of carbonyl (C=O) groups is 1. The topological polar surface area (TPSA) is 136 Å². The Hall–Kier alpha value is -2.82. The molecule has 27 heavy (non-hydrogen) atoms. The SMILES string of the molecule is NS(=O)(=O)c1ccc(N2CCNCC2)c([N+](=O)[O-])c1C(=O)c1ccccc1. The van der Waals surface area contributed by atoms with Crippen molar-refractivity contribution in [2.24, 2.45) is 5.14 Å². The highest BCUT2D eigenvalue weighted by Crippen LogP contribution is 2.37. The van der Waals surface area contributed by atoms with E-state index < -0.39 is 36.9 Å². The number of hydrogen-bond donors (Lipinski definition) is 2. The summed E-state index contributed by atoms with van der Waals surface area (Å²) in [6, 6.07) is 10.3. The number of piperazine rings is 1. The van der Waals surface area contributed by atoms with Gasteiger partial charge in [-0.15, -0.1) is 0 Å². The predicted octanol–water partition coefficient (Wildman–Crippen LogP) is 0.883. The number of rotatable bonds is 5.